The lowest BCUT2D eigenvalue weighted by atomic mass is 9.82. The summed E-state index contributed by atoms with van der Waals surface area (Å²) >= 11 is 0. The lowest BCUT2D eigenvalue weighted by Gasteiger charge is -2.27. The fourth-order valence-electron chi connectivity index (χ4n) is 2.81. The maximum atomic E-state index is 5.99. The zero-order valence-corrected chi connectivity index (χ0v) is 11.3. The highest BCUT2D eigenvalue weighted by molar-refractivity contribution is 5.60. The van der Waals surface area contributed by atoms with Gasteiger partial charge in [-0.05, 0) is 49.3 Å². The molecule has 1 aliphatic heterocycles. The van der Waals surface area contributed by atoms with Crippen LogP contribution in [-0.4, -0.2) is 13.1 Å². The summed E-state index contributed by atoms with van der Waals surface area (Å²) in [7, 11) is 0. The molecule has 1 fully saturated rings. The predicted molar refractivity (Wildman–Crippen MR) is 75.4 cm³/mol. The van der Waals surface area contributed by atoms with Crippen LogP contribution in [0.4, 0.5) is 11.4 Å². The topological polar surface area (TPSA) is 29.3 Å². The summed E-state index contributed by atoms with van der Waals surface area (Å²) in [6.45, 7) is 9.05. The Balaban J connectivity index is 2.17. The summed E-state index contributed by atoms with van der Waals surface area (Å²) in [5.74, 6) is 0. The largest absolute Gasteiger partial charge is 0.398 e. The second-order valence-electron chi connectivity index (χ2n) is 5.42. The van der Waals surface area contributed by atoms with E-state index in [1.54, 1.807) is 0 Å². The highest BCUT2D eigenvalue weighted by Gasteiger charge is 2.34. The van der Waals surface area contributed by atoms with Gasteiger partial charge in [-0.2, -0.15) is 0 Å². The number of hydrogen-bond donors (Lipinski definition) is 1. The van der Waals surface area contributed by atoms with Crippen molar-refractivity contribution in [1.29, 1.82) is 0 Å². The lowest BCUT2D eigenvalue weighted by Crippen LogP contribution is -2.26. The smallest absolute Gasteiger partial charge is 0.0387 e. The average Bonchev–Trinajstić information content (AvgIpc) is 2.78. The van der Waals surface area contributed by atoms with Crippen molar-refractivity contribution >= 4 is 11.4 Å². The molecule has 2 heteroatoms. The van der Waals surface area contributed by atoms with Crippen molar-refractivity contribution in [2.45, 2.75) is 40.0 Å². The van der Waals surface area contributed by atoms with E-state index in [9.17, 15) is 0 Å². The van der Waals surface area contributed by atoms with Crippen LogP contribution in [0.5, 0.6) is 0 Å². The molecule has 0 bridgehead atoms. The van der Waals surface area contributed by atoms with Crippen molar-refractivity contribution in [3.05, 3.63) is 23.8 Å². The number of nitrogen functional groups attached to an aromatic ring is 1. The third kappa shape index (κ3) is 2.26. The molecule has 2 rings (SSSR count). The minimum Gasteiger partial charge on any atom is -0.398 e. The van der Waals surface area contributed by atoms with E-state index in [0.717, 1.165) is 5.69 Å². The number of nitrogens with two attached hydrogens (primary N) is 1. The van der Waals surface area contributed by atoms with Gasteiger partial charge in [-0.25, -0.2) is 0 Å². The fraction of sp³-hybridized carbons (Fsp3) is 0.600. The van der Waals surface area contributed by atoms with E-state index in [-0.39, 0.29) is 0 Å². The Hall–Kier alpha value is -1.18. The third-order valence-corrected chi connectivity index (χ3v) is 4.57. The number of aryl methyl sites for hydroxylation is 1. The summed E-state index contributed by atoms with van der Waals surface area (Å²) in [6, 6.07) is 6.45. The molecule has 1 saturated heterocycles. The maximum absolute atomic E-state index is 5.99. The number of anilines is 2. The summed E-state index contributed by atoms with van der Waals surface area (Å²) in [5, 5.41) is 0. The molecule has 1 aliphatic rings. The normalized spacial score (nSPS) is 18.6. The van der Waals surface area contributed by atoms with Crippen LogP contribution < -0.4 is 10.6 Å². The van der Waals surface area contributed by atoms with E-state index in [4.69, 9.17) is 5.73 Å². The van der Waals surface area contributed by atoms with Gasteiger partial charge in [0, 0.05) is 24.5 Å². The van der Waals surface area contributed by atoms with Crippen LogP contribution in [0.2, 0.25) is 0 Å². The number of hydrogen-bond acceptors (Lipinski definition) is 2. The van der Waals surface area contributed by atoms with E-state index < -0.39 is 0 Å². The van der Waals surface area contributed by atoms with Crippen LogP contribution in [0, 0.1) is 12.3 Å². The van der Waals surface area contributed by atoms with Gasteiger partial charge in [0.25, 0.3) is 0 Å². The molecule has 0 atom stereocenters. The van der Waals surface area contributed by atoms with E-state index in [1.807, 2.05) is 0 Å². The third-order valence-electron chi connectivity index (χ3n) is 4.57. The molecule has 0 unspecified atom stereocenters. The van der Waals surface area contributed by atoms with Crippen LogP contribution in [-0.2, 0) is 0 Å². The Kier molecular flexibility index (Phi) is 3.32. The van der Waals surface area contributed by atoms with Crippen LogP contribution in [0.1, 0.15) is 38.7 Å². The van der Waals surface area contributed by atoms with Crippen LogP contribution in [0.3, 0.4) is 0 Å². The molecule has 0 aliphatic carbocycles. The monoisotopic (exact) mass is 232 g/mol. The minimum atomic E-state index is 0.527. The van der Waals surface area contributed by atoms with Gasteiger partial charge in [-0.15, -0.1) is 0 Å². The van der Waals surface area contributed by atoms with Gasteiger partial charge >= 0.3 is 0 Å². The van der Waals surface area contributed by atoms with Crippen LogP contribution >= 0.6 is 0 Å². The molecule has 0 saturated carbocycles. The van der Waals surface area contributed by atoms with Crippen molar-refractivity contribution in [2.24, 2.45) is 5.41 Å². The van der Waals surface area contributed by atoms with Gasteiger partial charge in [0.05, 0.1) is 0 Å². The number of nitrogens with zero attached hydrogens (tertiary/aromatic N) is 1. The molecule has 0 spiro atoms. The van der Waals surface area contributed by atoms with Crippen LogP contribution in [0.25, 0.3) is 0 Å². The number of benzene rings is 1. The first-order valence-electron chi connectivity index (χ1n) is 6.71. The predicted octanol–water partition coefficient (Wildman–Crippen LogP) is 3.59. The molecule has 17 heavy (non-hydrogen) atoms. The second kappa shape index (κ2) is 4.59. The molecule has 0 amide bonds. The van der Waals surface area contributed by atoms with Crippen molar-refractivity contribution in [2.75, 3.05) is 23.7 Å². The fourth-order valence-corrected chi connectivity index (χ4v) is 2.81. The second-order valence-corrected chi connectivity index (χ2v) is 5.42. The van der Waals surface area contributed by atoms with E-state index in [2.05, 4.69) is 43.9 Å². The lowest BCUT2D eigenvalue weighted by molar-refractivity contribution is 0.301. The SMILES string of the molecule is CCC1(CC)CCN(c2ccc(C)c(N)c2)C1. The Morgan fingerprint density at radius 2 is 2.00 bits per heavy atom. The summed E-state index contributed by atoms with van der Waals surface area (Å²) in [4.78, 5) is 2.49. The highest BCUT2D eigenvalue weighted by atomic mass is 15.2. The van der Waals surface area contributed by atoms with Crippen molar-refractivity contribution in [3.63, 3.8) is 0 Å². The summed E-state index contributed by atoms with van der Waals surface area (Å²) in [5.41, 5.74) is 9.89. The van der Waals surface area contributed by atoms with Crippen molar-refractivity contribution in [1.82, 2.24) is 0 Å². The zero-order valence-electron chi connectivity index (χ0n) is 11.3. The number of rotatable bonds is 3. The van der Waals surface area contributed by atoms with Gasteiger partial charge in [-0.3, -0.25) is 0 Å². The molecule has 1 aromatic rings. The molecule has 2 nitrogen and oxygen atoms in total. The molecule has 0 radical (unpaired) electrons. The van der Waals surface area contributed by atoms with Gasteiger partial charge in [0.2, 0.25) is 0 Å². The Morgan fingerprint density at radius 1 is 1.29 bits per heavy atom. The van der Waals surface area contributed by atoms with E-state index >= 15 is 0 Å². The Labute approximate surface area is 105 Å². The van der Waals surface area contributed by atoms with E-state index in [1.165, 1.54) is 43.6 Å². The Bertz CT molecular complexity index is 394. The molecular formula is C15H24N2. The molecule has 1 aromatic carbocycles. The standard InChI is InChI=1S/C15H24N2/c1-4-15(5-2)8-9-17(11-15)13-7-6-12(3)14(16)10-13/h6-7,10H,4-5,8-9,11,16H2,1-3H3. The first-order chi connectivity index (χ1) is 8.10. The summed E-state index contributed by atoms with van der Waals surface area (Å²) in [6.07, 6.45) is 3.87. The maximum Gasteiger partial charge on any atom is 0.0387 e. The highest BCUT2D eigenvalue weighted by Crippen LogP contribution is 2.39. The quantitative estimate of drug-likeness (QED) is 0.807. The average molecular weight is 232 g/mol. The minimum absolute atomic E-state index is 0.527. The molecule has 94 valence electrons. The molecular weight excluding hydrogens is 208 g/mol. The molecule has 2 N–H and O–H groups in total. The Morgan fingerprint density at radius 3 is 2.53 bits per heavy atom. The van der Waals surface area contributed by atoms with Gasteiger partial charge in [0.15, 0.2) is 0 Å². The van der Waals surface area contributed by atoms with Crippen molar-refractivity contribution in [3.8, 4) is 0 Å². The van der Waals surface area contributed by atoms with E-state index in [0.29, 0.717) is 5.41 Å². The zero-order chi connectivity index (χ0) is 12.5. The summed E-state index contributed by atoms with van der Waals surface area (Å²) < 4.78 is 0. The van der Waals surface area contributed by atoms with Gasteiger partial charge < -0.3 is 10.6 Å². The van der Waals surface area contributed by atoms with Crippen molar-refractivity contribution < 1.29 is 0 Å². The van der Waals surface area contributed by atoms with Crippen LogP contribution in [0.15, 0.2) is 18.2 Å². The van der Waals surface area contributed by atoms with Gasteiger partial charge in [-0.1, -0.05) is 19.9 Å². The first-order valence-corrected chi connectivity index (χ1v) is 6.71. The molecule has 1 heterocycles. The van der Waals surface area contributed by atoms with Gasteiger partial charge in [0.1, 0.15) is 0 Å². The molecule has 0 aromatic heterocycles. The first kappa shape index (κ1) is 12.3.